The number of rotatable bonds is 7. The third-order valence-corrected chi connectivity index (χ3v) is 4.69. The molecule has 1 aromatic rings. The predicted octanol–water partition coefficient (Wildman–Crippen LogP) is 2.10. The minimum atomic E-state index is -0.212. The first kappa shape index (κ1) is 16.3. The average Bonchev–Trinajstić information content (AvgIpc) is 3.32. The van der Waals surface area contributed by atoms with Crippen molar-refractivity contribution < 1.29 is 14.6 Å². The van der Waals surface area contributed by atoms with Crippen molar-refractivity contribution in [3.8, 4) is 0 Å². The maximum absolute atomic E-state index is 12.2. The van der Waals surface area contributed by atoms with Crippen LogP contribution in [0, 0.1) is 5.92 Å². The van der Waals surface area contributed by atoms with Gasteiger partial charge in [0, 0.05) is 32.2 Å². The number of hydrogen-bond donors (Lipinski definition) is 1. The van der Waals surface area contributed by atoms with E-state index in [1.165, 1.54) is 12.8 Å². The van der Waals surface area contributed by atoms with Crippen molar-refractivity contribution in [1.29, 1.82) is 0 Å². The molecule has 3 rings (SSSR count). The fourth-order valence-corrected chi connectivity index (χ4v) is 3.28. The standard InChI is InChI=1S/C18H26N2O3/c21-11-10-19(17-6-7-17)12-16-8-9-20(13-16)18(22)23-14-15-4-2-1-3-5-15/h1-5,16-17,21H,6-14H2. The molecule has 1 aromatic carbocycles. The van der Waals surface area contributed by atoms with Crippen molar-refractivity contribution in [3.63, 3.8) is 0 Å². The molecule has 5 heteroatoms. The zero-order valence-corrected chi connectivity index (χ0v) is 13.6. The van der Waals surface area contributed by atoms with Crippen LogP contribution in [0.2, 0.25) is 0 Å². The molecule has 5 nitrogen and oxygen atoms in total. The number of carbonyl (C=O) groups excluding carboxylic acids is 1. The number of benzene rings is 1. The van der Waals surface area contributed by atoms with Crippen LogP contribution in [-0.4, -0.2) is 59.8 Å². The molecule has 0 aromatic heterocycles. The van der Waals surface area contributed by atoms with Gasteiger partial charge < -0.3 is 14.7 Å². The highest BCUT2D eigenvalue weighted by molar-refractivity contribution is 5.68. The number of aliphatic hydroxyl groups excluding tert-OH is 1. The first-order chi connectivity index (χ1) is 11.3. The van der Waals surface area contributed by atoms with Crippen LogP contribution >= 0.6 is 0 Å². The van der Waals surface area contributed by atoms with E-state index < -0.39 is 0 Å². The molecule has 1 atom stereocenters. The third-order valence-electron chi connectivity index (χ3n) is 4.69. The molecule has 126 valence electrons. The lowest BCUT2D eigenvalue weighted by Crippen LogP contribution is -2.36. The zero-order chi connectivity index (χ0) is 16.1. The summed E-state index contributed by atoms with van der Waals surface area (Å²) in [5.74, 6) is 0.492. The summed E-state index contributed by atoms with van der Waals surface area (Å²) in [4.78, 5) is 16.4. The van der Waals surface area contributed by atoms with Gasteiger partial charge in [-0.1, -0.05) is 30.3 Å². The van der Waals surface area contributed by atoms with Crippen molar-refractivity contribution in [2.45, 2.75) is 31.9 Å². The van der Waals surface area contributed by atoms with Gasteiger partial charge in [0.15, 0.2) is 0 Å². The lowest BCUT2D eigenvalue weighted by atomic mass is 10.1. The molecule has 23 heavy (non-hydrogen) atoms. The number of ether oxygens (including phenoxy) is 1. The largest absolute Gasteiger partial charge is 0.445 e. The van der Waals surface area contributed by atoms with E-state index in [9.17, 15) is 9.90 Å². The first-order valence-corrected chi connectivity index (χ1v) is 8.57. The van der Waals surface area contributed by atoms with E-state index in [1.54, 1.807) is 0 Å². The van der Waals surface area contributed by atoms with Crippen LogP contribution in [0.25, 0.3) is 0 Å². The van der Waals surface area contributed by atoms with Crippen LogP contribution in [0.15, 0.2) is 30.3 Å². The average molecular weight is 318 g/mol. The van der Waals surface area contributed by atoms with Crippen LogP contribution < -0.4 is 0 Å². The summed E-state index contributed by atoms with van der Waals surface area (Å²) >= 11 is 0. The Labute approximate surface area is 137 Å². The molecule has 1 unspecified atom stereocenters. The van der Waals surface area contributed by atoms with E-state index in [2.05, 4.69) is 4.90 Å². The Kier molecular flexibility index (Phi) is 5.51. The quantitative estimate of drug-likeness (QED) is 0.836. The normalized spacial score (nSPS) is 21.0. The second-order valence-electron chi connectivity index (χ2n) is 6.59. The predicted molar refractivity (Wildman–Crippen MR) is 88.0 cm³/mol. The molecular formula is C18H26N2O3. The number of likely N-dealkylation sites (tertiary alicyclic amines) is 1. The van der Waals surface area contributed by atoms with Gasteiger partial charge >= 0.3 is 6.09 Å². The minimum Gasteiger partial charge on any atom is -0.445 e. The van der Waals surface area contributed by atoms with Crippen LogP contribution in [0.4, 0.5) is 4.79 Å². The van der Waals surface area contributed by atoms with Crippen LogP contribution in [0.1, 0.15) is 24.8 Å². The molecule has 1 aliphatic heterocycles. The molecular weight excluding hydrogens is 292 g/mol. The van der Waals surface area contributed by atoms with Gasteiger partial charge in [-0.05, 0) is 30.7 Å². The summed E-state index contributed by atoms with van der Waals surface area (Å²) in [6, 6.07) is 10.4. The molecule has 2 fully saturated rings. The van der Waals surface area contributed by atoms with Crippen molar-refractivity contribution >= 4 is 6.09 Å². The number of amides is 1. The van der Waals surface area contributed by atoms with E-state index >= 15 is 0 Å². The van der Waals surface area contributed by atoms with Gasteiger partial charge in [0.05, 0.1) is 6.61 Å². The lowest BCUT2D eigenvalue weighted by Gasteiger charge is -2.24. The molecule has 1 N–H and O–H groups in total. The van der Waals surface area contributed by atoms with E-state index in [0.717, 1.165) is 38.2 Å². The summed E-state index contributed by atoms with van der Waals surface area (Å²) < 4.78 is 5.41. The number of carbonyl (C=O) groups is 1. The highest BCUT2D eigenvalue weighted by Crippen LogP contribution is 2.29. The fourth-order valence-electron chi connectivity index (χ4n) is 3.28. The summed E-state index contributed by atoms with van der Waals surface area (Å²) in [6.07, 6.45) is 3.30. The molecule has 2 aliphatic rings. The first-order valence-electron chi connectivity index (χ1n) is 8.57. The van der Waals surface area contributed by atoms with Crippen molar-refractivity contribution in [2.75, 3.05) is 32.8 Å². The SMILES string of the molecule is O=C(OCc1ccccc1)N1CCC(CN(CCO)C2CC2)C1. The molecule has 0 spiro atoms. The smallest absolute Gasteiger partial charge is 0.410 e. The maximum atomic E-state index is 12.2. The molecule has 0 bridgehead atoms. The Morgan fingerprint density at radius 1 is 1.26 bits per heavy atom. The van der Waals surface area contributed by atoms with Gasteiger partial charge in [0.1, 0.15) is 6.61 Å². The number of nitrogens with zero attached hydrogens (tertiary/aromatic N) is 2. The van der Waals surface area contributed by atoms with Gasteiger partial charge in [-0.15, -0.1) is 0 Å². The number of aliphatic hydroxyl groups is 1. The Hall–Kier alpha value is -1.59. The Morgan fingerprint density at radius 3 is 2.74 bits per heavy atom. The van der Waals surface area contributed by atoms with Crippen LogP contribution in [-0.2, 0) is 11.3 Å². The molecule has 1 saturated carbocycles. The van der Waals surface area contributed by atoms with Crippen LogP contribution in [0.5, 0.6) is 0 Å². The summed E-state index contributed by atoms with van der Waals surface area (Å²) in [6.45, 7) is 3.82. The van der Waals surface area contributed by atoms with Gasteiger partial charge in [0.25, 0.3) is 0 Å². The highest BCUT2D eigenvalue weighted by atomic mass is 16.6. The summed E-state index contributed by atoms with van der Waals surface area (Å²) in [7, 11) is 0. The van der Waals surface area contributed by atoms with Crippen LogP contribution in [0.3, 0.4) is 0 Å². The highest BCUT2D eigenvalue weighted by Gasteiger charge is 2.33. The Morgan fingerprint density at radius 2 is 2.04 bits per heavy atom. The maximum Gasteiger partial charge on any atom is 0.410 e. The molecule has 1 saturated heterocycles. The van der Waals surface area contributed by atoms with Crippen molar-refractivity contribution in [3.05, 3.63) is 35.9 Å². The van der Waals surface area contributed by atoms with E-state index in [-0.39, 0.29) is 12.7 Å². The van der Waals surface area contributed by atoms with Crippen molar-refractivity contribution in [1.82, 2.24) is 9.80 Å². The van der Waals surface area contributed by atoms with E-state index in [1.807, 2.05) is 35.2 Å². The topological polar surface area (TPSA) is 53.0 Å². The molecule has 1 amide bonds. The number of hydrogen-bond acceptors (Lipinski definition) is 4. The minimum absolute atomic E-state index is 0.212. The van der Waals surface area contributed by atoms with Gasteiger partial charge in [0.2, 0.25) is 0 Å². The third kappa shape index (κ3) is 4.69. The second kappa shape index (κ2) is 7.79. The fraction of sp³-hybridized carbons (Fsp3) is 0.611. The zero-order valence-electron chi connectivity index (χ0n) is 13.6. The molecule has 1 aliphatic carbocycles. The second-order valence-corrected chi connectivity index (χ2v) is 6.59. The molecule has 1 heterocycles. The lowest BCUT2D eigenvalue weighted by molar-refractivity contribution is 0.101. The van der Waals surface area contributed by atoms with E-state index in [4.69, 9.17) is 4.74 Å². The molecule has 0 radical (unpaired) electrons. The van der Waals surface area contributed by atoms with E-state index in [0.29, 0.717) is 18.6 Å². The van der Waals surface area contributed by atoms with Gasteiger partial charge in [-0.3, -0.25) is 4.90 Å². The van der Waals surface area contributed by atoms with Gasteiger partial charge in [-0.2, -0.15) is 0 Å². The van der Waals surface area contributed by atoms with Crippen molar-refractivity contribution in [2.24, 2.45) is 5.92 Å². The Bertz CT molecular complexity index is 504. The summed E-state index contributed by atoms with van der Waals surface area (Å²) in [5, 5.41) is 9.18. The van der Waals surface area contributed by atoms with Gasteiger partial charge in [-0.25, -0.2) is 4.79 Å². The summed E-state index contributed by atoms with van der Waals surface area (Å²) in [5.41, 5.74) is 1.01. The monoisotopic (exact) mass is 318 g/mol. The Balaban J connectivity index is 1.42.